The number of dihydropyridines is 1. The number of hydrogen-bond donors (Lipinski definition) is 3. The van der Waals surface area contributed by atoms with E-state index in [9.17, 15) is 14.9 Å². The van der Waals surface area contributed by atoms with E-state index in [1.165, 1.54) is 29.5 Å². The molecule has 2 heterocycles. The van der Waals surface area contributed by atoms with Crippen LogP contribution in [0.3, 0.4) is 0 Å². The highest BCUT2D eigenvalue weighted by Gasteiger charge is 2.35. The molecule has 6 nitrogen and oxygen atoms in total. The van der Waals surface area contributed by atoms with E-state index < -0.39 is 5.92 Å². The van der Waals surface area contributed by atoms with E-state index in [1.54, 1.807) is 0 Å². The average molecular weight is 495 g/mol. The second-order valence-electron chi connectivity index (χ2n) is 7.99. The van der Waals surface area contributed by atoms with Crippen LogP contribution in [0.25, 0.3) is 0 Å². The van der Waals surface area contributed by atoms with Gasteiger partial charge < -0.3 is 16.0 Å². The molecule has 0 bridgehead atoms. The smallest absolute Gasteiger partial charge is 0.254 e. The molecule has 1 unspecified atom stereocenters. The Morgan fingerprint density at radius 2 is 1.94 bits per heavy atom. The Morgan fingerprint density at radius 1 is 1.15 bits per heavy atom. The molecule has 3 rings (SSSR count). The molecule has 0 spiro atoms. The monoisotopic (exact) mass is 494 g/mol. The summed E-state index contributed by atoms with van der Waals surface area (Å²) >= 11 is 2.81. The largest absolute Gasteiger partial charge is 0.355 e. The minimum atomic E-state index is -0.491. The van der Waals surface area contributed by atoms with Crippen molar-refractivity contribution in [1.29, 1.82) is 5.26 Å². The number of anilines is 1. The standard InChI is InChI=1S/C26H30N4O2S2/c1-3-4-5-9-14-28-22(31)17-34-26-20(16-27)24(21-13-10-15-33-21)23(18(2)29-26)25(32)30-19-11-7-6-8-12-19/h6-8,10-13,15,24,29H,3-5,9,14,17H2,1-2H3,(H,28,31)(H,30,32). The predicted molar refractivity (Wildman–Crippen MR) is 140 cm³/mol. The van der Waals surface area contributed by atoms with Crippen LogP contribution in [0.15, 0.2) is 69.7 Å². The molecule has 1 aliphatic heterocycles. The summed E-state index contributed by atoms with van der Waals surface area (Å²) < 4.78 is 0. The van der Waals surface area contributed by atoms with Gasteiger partial charge in [0.05, 0.1) is 28.3 Å². The fourth-order valence-electron chi connectivity index (χ4n) is 3.76. The number of hydrogen-bond acceptors (Lipinski definition) is 6. The number of carbonyl (C=O) groups excluding carboxylic acids is 2. The number of nitrogens with one attached hydrogen (secondary N) is 3. The third-order valence-electron chi connectivity index (χ3n) is 5.45. The van der Waals surface area contributed by atoms with Gasteiger partial charge in [0.1, 0.15) is 0 Å². The summed E-state index contributed by atoms with van der Waals surface area (Å²) in [5, 5.41) is 21.8. The van der Waals surface area contributed by atoms with Crippen LogP contribution in [-0.2, 0) is 9.59 Å². The number of para-hydroxylation sites is 1. The maximum Gasteiger partial charge on any atom is 0.254 e. The molecule has 0 fully saturated rings. The minimum absolute atomic E-state index is 0.0602. The van der Waals surface area contributed by atoms with Crippen LogP contribution in [0, 0.1) is 11.3 Å². The third kappa shape index (κ3) is 6.75. The van der Waals surface area contributed by atoms with Crippen molar-refractivity contribution in [2.75, 3.05) is 17.6 Å². The zero-order chi connectivity index (χ0) is 24.3. The van der Waals surface area contributed by atoms with Gasteiger partial charge in [-0.3, -0.25) is 9.59 Å². The maximum atomic E-state index is 13.3. The summed E-state index contributed by atoms with van der Waals surface area (Å²) in [6, 6.07) is 15.4. The maximum absolute atomic E-state index is 13.3. The first-order chi connectivity index (χ1) is 16.5. The van der Waals surface area contributed by atoms with Crippen molar-refractivity contribution in [2.45, 2.75) is 45.4 Å². The molecule has 1 aromatic heterocycles. The van der Waals surface area contributed by atoms with Gasteiger partial charge >= 0.3 is 0 Å². The van der Waals surface area contributed by atoms with E-state index >= 15 is 0 Å². The molecular formula is C26H30N4O2S2. The fraction of sp³-hybridized carbons (Fsp3) is 0.346. The summed E-state index contributed by atoms with van der Waals surface area (Å²) in [7, 11) is 0. The van der Waals surface area contributed by atoms with Crippen molar-refractivity contribution < 1.29 is 9.59 Å². The van der Waals surface area contributed by atoms with Crippen molar-refractivity contribution >= 4 is 40.6 Å². The minimum Gasteiger partial charge on any atom is -0.355 e. The second kappa shape index (κ2) is 13.0. The van der Waals surface area contributed by atoms with E-state index in [1.807, 2.05) is 54.8 Å². The number of nitriles is 1. The van der Waals surface area contributed by atoms with Crippen molar-refractivity contribution in [3.05, 3.63) is 74.6 Å². The molecule has 8 heteroatoms. The van der Waals surface area contributed by atoms with Crippen molar-refractivity contribution in [3.8, 4) is 6.07 Å². The predicted octanol–water partition coefficient (Wildman–Crippen LogP) is 5.51. The molecule has 1 aliphatic rings. The Balaban J connectivity index is 1.77. The summed E-state index contributed by atoms with van der Waals surface area (Å²) in [5.41, 5.74) is 2.32. The number of unbranched alkanes of at least 4 members (excludes halogenated alkanes) is 3. The van der Waals surface area contributed by atoms with E-state index in [0.717, 1.165) is 24.1 Å². The van der Waals surface area contributed by atoms with Crippen LogP contribution in [0.2, 0.25) is 0 Å². The first-order valence-corrected chi connectivity index (χ1v) is 13.3. The van der Waals surface area contributed by atoms with E-state index in [0.29, 0.717) is 34.1 Å². The third-order valence-corrected chi connectivity index (χ3v) is 7.41. The van der Waals surface area contributed by atoms with Gasteiger partial charge in [0, 0.05) is 28.4 Å². The van der Waals surface area contributed by atoms with Gasteiger partial charge in [0.15, 0.2) is 0 Å². The summed E-state index contributed by atoms with van der Waals surface area (Å²) in [6.07, 6.45) is 4.40. The van der Waals surface area contributed by atoms with Crippen molar-refractivity contribution in [2.24, 2.45) is 0 Å². The molecule has 34 heavy (non-hydrogen) atoms. The van der Waals surface area contributed by atoms with Gasteiger partial charge in [-0.2, -0.15) is 5.26 Å². The molecule has 0 radical (unpaired) electrons. The molecular weight excluding hydrogens is 464 g/mol. The topological polar surface area (TPSA) is 94.0 Å². The van der Waals surface area contributed by atoms with Gasteiger partial charge in [0.25, 0.3) is 5.91 Å². The van der Waals surface area contributed by atoms with Gasteiger partial charge in [-0.15, -0.1) is 11.3 Å². The number of thioether (sulfide) groups is 1. The van der Waals surface area contributed by atoms with E-state index in [-0.39, 0.29) is 17.6 Å². The van der Waals surface area contributed by atoms with Gasteiger partial charge in [-0.25, -0.2) is 0 Å². The quantitative estimate of drug-likeness (QED) is 0.358. The van der Waals surface area contributed by atoms with Crippen LogP contribution in [0.4, 0.5) is 5.69 Å². The van der Waals surface area contributed by atoms with E-state index in [2.05, 4.69) is 28.9 Å². The number of nitrogens with zero attached hydrogens (tertiary/aromatic N) is 1. The zero-order valence-corrected chi connectivity index (χ0v) is 21.2. The van der Waals surface area contributed by atoms with Gasteiger partial charge in [-0.1, -0.05) is 62.2 Å². The molecule has 1 atom stereocenters. The van der Waals surface area contributed by atoms with Crippen LogP contribution < -0.4 is 16.0 Å². The first kappa shape index (κ1) is 25.6. The normalized spacial score (nSPS) is 15.5. The Labute approximate surface area is 209 Å². The Kier molecular flexibility index (Phi) is 9.80. The Hall–Kier alpha value is -3.02. The lowest BCUT2D eigenvalue weighted by atomic mass is 9.86. The molecule has 2 amide bonds. The number of rotatable bonds is 11. The lowest BCUT2D eigenvalue weighted by molar-refractivity contribution is -0.118. The number of benzene rings is 1. The molecule has 0 saturated heterocycles. The molecule has 2 aromatic rings. The van der Waals surface area contributed by atoms with E-state index in [4.69, 9.17) is 0 Å². The lowest BCUT2D eigenvalue weighted by Gasteiger charge is -2.29. The number of thiophene rings is 1. The van der Waals surface area contributed by atoms with Crippen LogP contribution >= 0.6 is 23.1 Å². The van der Waals surface area contributed by atoms with Crippen LogP contribution in [0.1, 0.15) is 50.3 Å². The zero-order valence-electron chi connectivity index (χ0n) is 19.5. The Morgan fingerprint density at radius 3 is 2.62 bits per heavy atom. The summed E-state index contributed by atoms with van der Waals surface area (Å²) in [4.78, 5) is 26.6. The number of allylic oxidation sites excluding steroid dienone is 2. The molecule has 1 aromatic carbocycles. The number of amides is 2. The highest BCUT2D eigenvalue weighted by molar-refractivity contribution is 8.03. The number of carbonyl (C=O) groups is 2. The lowest BCUT2D eigenvalue weighted by Crippen LogP contribution is -2.31. The Bertz CT molecular complexity index is 1090. The van der Waals surface area contributed by atoms with Crippen molar-refractivity contribution in [3.63, 3.8) is 0 Å². The summed E-state index contributed by atoms with van der Waals surface area (Å²) in [6.45, 7) is 4.66. The summed E-state index contributed by atoms with van der Waals surface area (Å²) in [5.74, 6) is -0.599. The highest BCUT2D eigenvalue weighted by atomic mass is 32.2. The van der Waals surface area contributed by atoms with Gasteiger partial charge in [0.2, 0.25) is 5.91 Å². The van der Waals surface area contributed by atoms with Crippen LogP contribution in [0.5, 0.6) is 0 Å². The first-order valence-electron chi connectivity index (χ1n) is 11.5. The second-order valence-corrected chi connectivity index (χ2v) is 9.95. The van der Waals surface area contributed by atoms with Crippen molar-refractivity contribution in [1.82, 2.24) is 10.6 Å². The molecule has 0 aliphatic carbocycles. The van der Waals surface area contributed by atoms with Gasteiger partial charge in [-0.05, 0) is 36.9 Å². The molecule has 3 N–H and O–H groups in total. The average Bonchev–Trinajstić information content (AvgIpc) is 3.37. The highest BCUT2D eigenvalue weighted by Crippen LogP contribution is 2.42. The molecule has 178 valence electrons. The van der Waals surface area contributed by atoms with Crippen LogP contribution in [-0.4, -0.2) is 24.1 Å². The molecule has 0 saturated carbocycles. The fourth-order valence-corrected chi connectivity index (χ4v) is 5.52. The SMILES string of the molecule is CCCCCCNC(=O)CSC1=C(C#N)C(c2cccs2)C(C(=O)Nc2ccccc2)=C(C)N1.